The Bertz CT molecular complexity index is 640. The van der Waals surface area contributed by atoms with Crippen LogP contribution in [0.3, 0.4) is 0 Å². The van der Waals surface area contributed by atoms with Crippen molar-refractivity contribution in [2.75, 3.05) is 13.6 Å². The van der Waals surface area contributed by atoms with Crippen molar-refractivity contribution >= 4 is 17.2 Å². The minimum absolute atomic E-state index is 0.0182. The van der Waals surface area contributed by atoms with E-state index in [1.165, 1.54) is 0 Å². The van der Waals surface area contributed by atoms with Gasteiger partial charge in [-0.2, -0.15) is 0 Å². The molecule has 0 saturated heterocycles. The van der Waals surface area contributed by atoms with Crippen LogP contribution >= 0.6 is 11.3 Å². The first-order chi connectivity index (χ1) is 9.70. The van der Waals surface area contributed by atoms with Crippen LogP contribution < -0.4 is 5.73 Å². The number of pyridine rings is 1. The fourth-order valence-electron chi connectivity index (χ4n) is 1.70. The molecule has 102 valence electrons. The first-order valence-electron chi connectivity index (χ1n) is 6.12. The topological polar surface area (TPSA) is 59.2 Å². The zero-order chi connectivity index (χ0) is 14.4. The summed E-state index contributed by atoms with van der Waals surface area (Å²) >= 11 is 1.59. The maximum atomic E-state index is 12.2. The highest BCUT2D eigenvalue weighted by Gasteiger charge is 2.12. The number of nitrogens with zero attached hydrogens (tertiary/aromatic N) is 2. The Morgan fingerprint density at radius 3 is 2.90 bits per heavy atom. The van der Waals surface area contributed by atoms with Gasteiger partial charge in [-0.25, -0.2) is 0 Å². The molecule has 2 aromatic heterocycles. The average Bonchev–Trinajstić information content (AvgIpc) is 2.92. The number of thiophene rings is 1. The van der Waals surface area contributed by atoms with Crippen LogP contribution in [0.15, 0.2) is 36.0 Å². The first kappa shape index (κ1) is 14.3. The molecule has 0 radical (unpaired) electrons. The molecular weight excluding hydrogens is 270 g/mol. The van der Waals surface area contributed by atoms with Crippen molar-refractivity contribution < 1.29 is 4.79 Å². The normalized spacial score (nSPS) is 9.70. The Hall–Kier alpha value is -2.16. The summed E-state index contributed by atoms with van der Waals surface area (Å²) in [5.74, 6) is 5.78. The van der Waals surface area contributed by atoms with E-state index < -0.39 is 0 Å². The van der Waals surface area contributed by atoms with Gasteiger partial charge >= 0.3 is 0 Å². The van der Waals surface area contributed by atoms with Crippen LogP contribution in [-0.4, -0.2) is 29.4 Å². The third kappa shape index (κ3) is 3.67. The van der Waals surface area contributed by atoms with E-state index in [-0.39, 0.29) is 5.91 Å². The number of nitrogens with two attached hydrogens (primary N) is 1. The first-order valence-corrected chi connectivity index (χ1v) is 7.00. The molecule has 0 atom stereocenters. The van der Waals surface area contributed by atoms with E-state index in [1.807, 2.05) is 11.4 Å². The molecule has 1 amide bonds. The smallest absolute Gasteiger partial charge is 0.254 e. The Morgan fingerprint density at radius 2 is 2.20 bits per heavy atom. The molecule has 0 unspecified atom stereocenters. The summed E-state index contributed by atoms with van der Waals surface area (Å²) in [5, 5.41) is 1.97. The molecule has 0 aliphatic rings. The zero-order valence-electron chi connectivity index (χ0n) is 11.2. The Labute approximate surface area is 122 Å². The second kappa shape index (κ2) is 6.85. The summed E-state index contributed by atoms with van der Waals surface area (Å²) in [6.45, 7) is 0.918. The van der Waals surface area contributed by atoms with Gasteiger partial charge < -0.3 is 10.6 Å². The lowest BCUT2D eigenvalue weighted by Gasteiger charge is -2.15. The van der Waals surface area contributed by atoms with Gasteiger partial charge in [-0.15, -0.1) is 11.3 Å². The van der Waals surface area contributed by atoms with Crippen LogP contribution in [-0.2, 0) is 6.54 Å². The highest BCUT2D eigenvalue weighted by molar-refractivity contribution is 7.10. The quantitative estimate of drug-likeness (QED) is 0.874. The predicted molar refractivity (Wildman–Crippen MR) is 80.3 cm³/mol. The largest absolute Gasteiger partial charge is 0.337 e. The van der Waals surface area contributed by atoms with E-state index >= 15 is 0 Å². The Balaban J connectivity index is 2.02. The van der Waals surface area contributed by atoms with Crippen molar-refractivity contribution in [2.45, 2.75) is 6.54 Å². The molecular formula is C15H15N3OS. The van der Waals surface area contributed by atoms with Crippen molar-refractivity contribution in [3.05, 3.63) is 52.0 Å². The fraction of sp³-hybridized carbons (Fsp3) is 0.200. The second-order valence-corrected chi connectivity index (χ2v) is 5.20. The Morgan fingerprint density at radius 1 is 1.45 bits per heavy atom. The summed E-state index contributed by atoms with van der Waals surface area (Å²) in [6, 6.07) is 5.42. The zero-order valence-corrected chi connectivity index (χ0v) is 12.0. The molecule has 0 aliphatic heterocycles. The van der Waals surface area contributed by atoms with Gasteiger partial charge in [0, 0.05) is 40.8 Å². The standard InChI is InChI=1S/C15H15N3OS/c1-18(15(19)13-4-7-17-8-5-13)10-14-9-12(11-20-14)3-2-6-16/h4-5,7-9,11H,6,10,16H2,1H3. The molecule has 0 bridgehead atoms. The van der Waals surface area contributed by atoms with Crippen LogP contribution in [0.25, 0.3) is 0 Å². The molecule has 2 N–H and O–H groups in total. The lowest BCUT2D eigenvalue weighted by atomic mass is 10.2. The van der Waals surface area contributed by atoms with Crippen molar-refractivity contribution in [1.29, 1.82) is 0 Å². The maximum absolute atomic E-state index is 12.2. The Kier molecular flexibility index (Phi) is 4.88. The summed E-state index contributed by atoms with van der Waals surface area (Å²) in [7, 11) is 1.79. The molecule has 0 spiro atoms. The molecule has 5 heteroatoms. The molecule has 20 heavy (non-hydrogen) atoms. The minimum atomic E-state index is -0.0182. The average molecular weight is 285 g/mol. The third-order valence-corrected chi connectivity index (χ3v) is 3.58. The van der Waals surface area contributed by atoms with Crippen LogP contribution in [0.5, 0.6) is 0 Å². The van der Waals surface area contributed by atoms with E-state index in [9.17, 15) is 4.79 Å². The molecule has 0 fully saturated rings. The van der Waals surface area contributed by atoms with Gasteiger partial charge in [0.2, 0.25) is 0 Å². The molecule has 0 aliphatic carbocycles. The van der Waals surface area contributed by atoms with Gasteiger partial charge in [0.25, 0.3) is 5.91 Å². The molecule has 0 aromatic carbocycles. The van der Waals surface area contributed by atoms with Crippen LogP contribution in [0.4, 0.5) is 0 Å². The van der Waals surface area contributed by atoms with E-state index in [2.05, 4.69) is 16.8 Å². The number of carbonyl (C=O) groups is 1. The van der Waals surface area contributed by atoms with E-state index in [1.54, 1.807) is 47.8 Å². The fourth-order valence-corrected chi connectivity index (χ4v) is 2.57. The molecule has 4 nitrogen and oxygen atoms in total. The number of carbonyl (C=O) groups excluding carboxylic acids is 1. The summed E-state index contributed by atoms with van der Waals surface area (Å²) in [6.07, 6.45) is 3.24. The van der Waals surface area contributed by atoms with Gasteiger partial charge in [-0.1, -0.05) is 11.8 Å². The van der Waals surface area contributed by atoms with Crippen LogP contribution in [0, 0.1) is 11.8 Å². The molecule has 0 saturated carbocycles. The number of amides is 1. The van der Waals surface area contributed by atoms with Crippen LogP contribution in [0.2, 0.25) is 0 Å². The predicted octanol–water partition coefficient (Wildman–Crippen LogP) is 1.73. The molecule has 2 aromatic rings. The lowest BCUT2D eigenvalue weighted by Crippen LogP contribution is -2.25. The van der Waals surface area contributed by atoms with Crippen molar-refractivity contribution in [2.24, 2.45) is 5.73 Å². The SMILES string of the molecule is CN(Cc1cc(C#CCN)cs1)C(=O)c1ccncc1. The lowest BCUT2D eigenvalue weighted by molar-refractivity contribution is 0.0786. The third-order valence-electron chi connectivity index (χ3n) is 2.66. The van der Waals surface area contributed by atoms with Crippen molar-refractivity contribution in [1.82, 2.24) is 9.88 Å². The number of rotatable bonds is 3. The summed E-state index contributed by atoms with van der Waals surface area (Å²) < 4.78 is 0. The van der Waals surface area contributed by atoms with Gasteiger partial charge in [0.15, 0.2) is 0 Å². The highest BCUT2D eigenvalue weighted by atomic mass is 32.1. The maximum Gasteiger partial charge on any atom is 0.254 e. The van der Waals surface area contributed by atoms with Crippen LogP contribution in [0.1, 0.15) is 20.8 Å². The van der Waals surface area contributed by atoms with Crippen molar-refractivity contribution in [3.8, 4) is 11.8 Å². The van der Waals surface area contributed by atoms with Gasteiger partial charge in [-0.3, -0.25) is 9.78 Å². The highest BCUT2D eigenvalue weighted by Crippen LogP contribution is 2.16. The molecule has 2 heterocycles. The van der Waals surface area contributed by atoms with E-state index in [4.69, 9.17) is 5.73 Å². The molecule has 2 rings (SSSR count). The van der Waals surface area contributed by atoms with Crippen molar-refractivity contribution in [3.63, 3.8) is 0 Å². The van der Waals surface area contributed by atoms with Gasteiger partial charge in [0.1, 0.15) is 0 Å². The van der Waals surface area contributed by atoms with Gasteiger partial charge in [-0.05, 0) is 18.2 Å². The van der Waals surface area contributed by atoms with Gasteiger partial charge in [0.05, 0.1) is 13.1 Å². The number of hydrogen-bond acceptors (Lipinski definition) is 4. The minimum Gasteiger partial charge on any atom is -0.337 e. The number of hydrogen-bond donors (Lipinski definition) is 1. The van der Waals surface area contributed by atoms with E-state index in [0.29, 0.717) is 18.7 Å². The number of aromatic nitrogens is 1. The monoisotopic (exact) mass is 285 g/mol. The summed E-state index contributed by atoms with van der Waals surface area (Å²) in [4.78, 5) is 18.9. The second-order valence-electron chi connectivity index (χ2n) is 4.20. The van der Waals surface area contributed by atoms with E-state index in [0.717, 1.165) is 10.4 Å². The summed E-state index contributed by atoms with van der Waals surface area (Å²) in [5.41, 5.74) is 6.93.